The van der Waals surface area contributed by atoms with E-state index in [-0.39, 0.29) is 0 Å². The highest BCUT2D eigenvalue weighted by Crippen LogP contribution is 2.40. The van der Waals surface area contributed by atoms with E-state index in [1.54, 1.807) is 0 Å². The van der Waals surface area contributed by atoms with Gasteiger partial charge < -0.3 is 29.2 Å². The lowest BCUT2D eigenvalue weighted by molar-refractivity contribution is -0.482. The van der Waals surface area contributed by atoms with Crippen molar-refractivity contribution in [3.8, 4) is 0 Å². The van der Waals surface area contributed by atoms with Crippen molar-refractivity contribution in [2.45, 2.75) is 43.1 Å². The Morgan fingerprint density at radius 3 is 1.93 bits per heavy atom. The van der Waals surface area contributed by atoms with Gasteiger partial charge in [0.1, 0.15) is 36.6 Å². The summed E-state index contributed by atoms with van der Waals surface area (Å²) >= 11 is 0. The van der Waals surface area contributed by atoms with Gasteiger partial charge in [0.15, 0.2) is 0 Å². The highest BCUT2D eigenvalue weighted by Gasteiger charge is 2.61. The van der Waals surface area contributed by atoms with Crippen molar-refractivity contribution < 1.29 is 29.2 Å². The lowest BCUT2D eigenvalue weighted by Crippen LogP contribution is -2.75. The normalized spacial score (nSPS) is 60.6. The van der Waals surface area contributed by atoms with Gasteiger partial charge in [0.25, 0.3) is 6.48 Å². The lowest BCUT2D eigenvalue weighted by atomic mass is 9.82. The molecule has 0 spiro atoms. The molecule has 6 heteroatoms. The van der Waals surface area contributed by atoms with Gasteiger partial charge in [-0.15, -0.1) is 0 Å². The van der Waals surface area contributed by atoms with E-state index in [2.05, 4.69) is 0 Å². The second kappa shape index (κ2) is 2.88. The minimum absolute atomic E-state index is 0.434. The van der Waals surface area contributed by atoms with Gasteiger partial charge in [-0.3, -0.25) is 0 Å². The monoisotopic (exact) mass is 204 g/mol. The molecular formula is C8H12O6. The standard InChI is InChI=1S/C8H12O6/c1-11-7-5-2(9)4-3(10)6(7)14-8(12-4)13-5/h2-10H,1H3/t2-,3?,4?,5?,6+,7?,8?/m0/s1. The van der Waals surface area contributed by atoms with Crippen LogP contribution >= 0.6 is 0 Å². The lowest BCUT2D eigenvalue weighted by Gasteiger charge is -2.56. The van der Waals surface area contributed by atoms with E-state index in [4.69, 9.17) is 18.9 Å². The molecule has 4 fully saturated rings. The fourth-order valence-electron chi connectivity index (χ4n) is 2.38. The summed E-state index contributed by atoms with van der Waals surface area (Å²) in [6, 6.07) is 0. The zero-order chi connectivity index (χ0) is 9.87. The quantitative estimate of drug-likeness (QED) is 0.525. The van der Waals surface area contributed by atoms with Crippen molar-refractivity contribution in [3.63, 3.8) is 0 Å². The fraction of sp³-hybridized carbons (Fsp3) is 1.00. The number of methoxy groups -OCH3 is 1. The van der Waals surface area contributed by atoms with Crippen molar-refractivity contribution in [2.24, 2.45) is 0 Å². The Balaban J connectivity index is 1.94. The minimum Gasteiger partial charge on any atom is -0.387 e. The van der Waals surface area contributed by atoms with Crippen LogP contribution in [0.25, 0.3) is 0 Å². The molecule has 5 unspecified atom stereocenters. The number of aliphatic hydroxyl groups is 2. The molecule has 14 heavy (non-hydrogen) atoms. The van der Waals surface area contributed by atoms with Crippen molar-refractivity contribution in [1.29, 1.82) is 0 Å². The molecule has 4 aliphatic rings. The molecule has 0 aromatic rings. The predicted molar refractivity (Wildman–Crippen MR) is 41.2 cm³/mol. The molecule has 0 radical (unpaired) electrons. The van der Waals surface area contributed by atoms with E-state index < -0.39 is 43.1 Å². The van der Waals surface area contributed by atoms with Crippen LogP contribution in [0.1, 0.15) is 0 Å². The highest BCUT2D eigenvalue weighted by atomic mass is 16.9. The molecule has 3 saturated heterocycles. The number of hydrogen-bond donors (Lipinski definition) is 2. The molecule has 6 nitrogen and oxygen atoms in total. The molecule has 0 aromatic carbocycles. The minimum atomic E-state index is -0.855. The third kappa shape index (κ3) is 0.955. The van der Waals surface area contributed by atoms with Crippen LogP contribution in [-0.2, 0) is 18.9 Å². The predicted octanol–water partition coefficient (Wildman–Crippen LogP) is -1.80. The van der Waals surface area contributed by atoms with Crippen LogP contribution in [0.15, 0.2) is 0 Å². The average Bonchev–Trinajstić information content (AvgIpc) is 2.20. The Labute approximate surface area is 80.3 Å². The Morgan fingerprint density at radius 2 is 1.43 bits per heavy atom. The van der Waals surface area contributed by atoms with E-state index in [0.717, 1.165) is 0 Å². The Hall–Kier alpha value is -0.240. The van der Waals surface area contributed by atoms with Gasteiger partial charge in [0.2, 0.25) is 0 Å². The first-order valence-electron chi connectivity index (χ1n) is 4.57. The number of ether oxygens (including phenoxy) is 4. The van der Waals surface area contributed by atoms with E-state index >= 15 is 0 Å². The van der Waals surface area contributed by atoms with Gasteiger partial charge >= 0.3 is 0 Å². The molecule has 1 saturated carbocycles. The van der Waals surface area contributed by atoms with Crippen LogP contribution in [0.3, 0.4) is 0 Å². The SMILES string of the molecule is COC1C2OC3OC(C(O)[C@H]1O3)[C@@H]2O. The fourth-order valence-corrected chi connectivity index (χ4v) is 2.38. The van der Waals surface area contributed by atoms with Gasteiger partial charge in [-0.05, 0) is 0 Å². The maximum atomic E-state index is 9.75. The molecule has 3 heterocycles. The summed E-state index contributed by atoms with van der Waals surface area (Å²) < 4.78 is 20.8. The molecule has 3 aliphatic heterocycles. The van der Waals surface area contributed by atoms with Crippen LogP contribution in [-0.4, -0.2) is 60.4 Å². The summed E-state index contributed by atoms with van der Waals surface area (Å²) in [6.45, 7) is -0.770. The summed E-state index contributed by atoms with van der Waals surface area (Å²) in [5, 5.41) is 19.5. The summed E-state index contributed by atoms with van der Waals surface area (Å²) in [5.74, 6) is 0. The van der Waals surface area contributed by atoms with E-state index in [9.17, 15) is 10.2 Å². The van der Waals surface area contributed by atoms with Crippen molar-refractivity contribution >= 4 is 0 Å². The average molecular weight is 204 g/mol. The molecule has 2 N–H and O–H groups in total. The highest BCUT2D eigenvalue weighted by molar-refractivity contribution is 5.05. The smallest absolute Gasteiger partial charge is 0.272 e. The van der Waals surface area contributed by atoms with Crippen molar-refractivity contribution in [3.05, 3.63) is 0 Å². The van der Waals surface area contributed by atoms with Gasteiger partial charge in [-0.1, -0.05) is 0 Å². The third-order valence-electron chi connectivity index (χ3n) is 3.07. The molecule has 1 aliphatic carbocycles. The van der Waals surface area contributed by atoms with Gasteiger partial charge in [-0.2, -0.15) is 0 Å². The Kier molecular flexibility index (Phi) is 1.85. The van der Waals surface area contributed by atoms with Crippen LogP contribution in [0, 0.1) is 0 Å². The topological polar surface area (TPSA) is 77.4 Å². The van der Waals surface area contributed by atoms with E-state index in [0.29, 0.717) is 0 Å². The zero-order valence-corrected chi connectivity index (χ0v) is 7.57. The maximum Gasteiger partial charge on any atom is 0.272 e. The van der Waals surface area contributed by atoms with E-state index in [1.165, 1.54) is 7.11 Å². The third-order valence-corrected chi connectivity index (χ3v) is 3.07. The number of hydrogen-bond acceptors (Lipinski definition) is 6. The van der Waals surface area contributed by atoms with Gasteiger partial charge in [-0.25, -0.2) is 0 Å². The van der Waals surface area contributed by atoms with Crippen LogP contribution in [0.2, 0.25) is 0 Å². The summed E-state index contributed by atoms with van der Waals surface area (Å²) in [6.07, 6.45) is -3.70. The summed E-state index contributed by atoms with van der Waals surface area (Å²) in [7, 11) is 1.50. The van der Waals surface area contributed by atoms with Crippen LogP contribution < -0.4 is 0 Å². The van der Waals surface area contributed by atoms with Gasteiger partial charge in [0, 0.05) is 7.11 Å². The second-order valence-electron chi connectivity index (χ2n) is 3.77. The Morgan fingerprint density at radius 1 is 0.929 bits per heavy atom. The molecule has 0 amide bonds. The zero-order valence-electron chi connectivity index (χ0n) is 7.57. The largest absolute Gasteiger partial charge is 0.387 e. The summed E-state index contributed by atoms with van der Waals surface area (Å²) in [4.78, 5) is 0. The van der Waals surface area contributed by atoms with Crippen LogP contribution in [0.5, 0.6) is 0 Å². The molecular weight excluding hydrogens is 192 g/mol. The molecule has 80 valence electrons. The van der Waals surface area contributed by atoms with Crippen LogP contribution in [0.4, 0.5) is 0 Å². The molecule has 7 atom stereocenters. The maximum absolute atomic E-state index is 9.75. The number of aliphatic hydroxyl groups excluding tert-OH is 2. The first-order chi connectivity index (χ1) is 6.72. The Bertz CT molecular complexity index is 226. The first-order valence-corrected chi connectivity index (χ1v) is 4.57. The molecule has 0 aromatic heterocycles. The second-order valence-corrected chi connectivity index (χ2v) is 3.77. The van der Waals surface area contributed by atoms with Crippen molar-refractivity contribution in [2.75, 3.05) is 7.11 Å². The molecule has 4 rings (SSSR count). The van der Waals surface area contributed by atoms with Gasteiger partial charge in [0.05, 0.1) is 0 Å². The summed E-state index contributed by atoms with van der Waals surface area (Å²) in [5.41, 5.74) is 0. The molecule has 4 bridgehead atoms. The van der Waals surface area contributed by atoms with Crippen molar-refractivity contribution in [1.82, 2.24) is 0 Å². The van der Waals surface area contributed by atoms with E-state index in [1.807, 2.05) is 0 Å². The first kappa shape index (κ1) is 9.02. The number of rotatable bonds is 1.